The average molecular weight is 734 g/mol. The maximum absolute atomic E-state index is 14.9. The average Bonchev–Trinajstić information content (AvgIpc) is 3.19. The molecule has 0 aromatic heterocycles. The zero-order valence-electron chi connectivity index (χ0n) is 29.1. The molecule has 0 bridgehead atoms. The Morgan fingerprint density at radius 1 is 0.574 bits per heavy atom. The highest BCUT2D eigenvalue weighted by molar-refractivity contribution is 7.89. The van der Waals surface area contributed by atoms with E-state index < -0.39 is 39.0 Å². The molecule has 0 spiro atoms. The molecule has 266 valence electrons. The predicted octanol–water partition coefficient (Wildman–Crippen LogP) is 8.32. The lowest BCUT2D eigenvalue weighted by Crippen LogP contribution is -2.56. The summed E-state index contributed by atoms with van der Waals surface area (Å²) in [5.74, 6) is -5.86. The molecule has 0 saturated carbocycles. The molecule has 1 heterocycles. The van der Waals surface area contributed by atoms with Crippen LogP contribution >= 0.6 is 0 Å². The van der Waals surface area contributed by atoms with Gasteiger partial charge in [-0.1, -0.05) is 109 Å². The van der Waals surface area contributed by atoms with E-state index in [4.69, 9.17) is 14.2 Å². The van der Waals surface area contributed by atoms with Crippen molar-refractivity contribution in [2.75, 3.05) is 7.05 Å². The predicted molar refractivity (Wildman–Crippen MR) is 205 cm³/mol. The van der Waals surface area contributed by atoms with E-state index >= 15 is 0 Å². The van der Waals surface area contributed by atoms with Crippen LogP contribution in [-0.2, 0) is 24.3 Å². The van der Waals surface area contributed by atoms with Crippen molar-refractivity contribution in [1.29, 1.82) is 0 Å². The third-order valence-corrected chi connectivity index (χ3v) is 11.2. The molecule has 7 aromatic rings. The van der Waals surface area contributed by atoms with Gasteiger partial charge in [-0.05, 0) is 74.8 Å². The minimum atomic E-state index is -4.29. The van der Waals surface area contributed by atoms with Gasteiger partial charge < -0.3 is 14.2 Å². The fraction of sp³-hybridized carbons (Fsp3) is 0.0682. The number of esters is 1. The van der Waals surface area contributed by atoms with Crippen LogP contribution in [0.5, 0.6) is 11.5 Å². The molecule has 0 fully saturated rings. The SMILES string of the molecule is CC(=O)C(Oc1ccc2ccccc2c1)(Oc1ccc2ccccc2c1)C(=O)OC1=C(C(=O)c2ccc3ccccc3c2)N(C)S(=O)(=O)c2ccccc21. The molecule has 0 N–H and O–H groups in total. The van der Waals surface area contributed by atoms with Crippen LogP contribution in [0, 0.1) is 0 Å². The molecule has 0 aliphatic carbocycles. The van der Waals surface area contributed by atoms with Crippen LogP contribution in [-0.4, -0.2) is 43.1 Å². The van der Waals surface area contributed by atoms with E-state index in [-0.39, 0.29) is 33.3 Å². The number of allylic oxidation sites excluding steroid dienone is 1. The van der Waals surface area contributed by atoms with E-state index in [2.05, 4.69) is 0 Å². The Kier molecular flexibility index (Phi) is 8.47. The molecule has 0 saturated heterocycles. The molecule has 1 aliphatic heterocycles. The lowest BCUT2D eigenvalue weighted by molar-refractivity contribution is -0.188. The largest absolute Gasteiger partial charge is 0.437 e. The van der Waals surface area contributed by atoms with Gasteiger partial charge in [0.2, 0.25) is 11.6 Å². The van der Waals surface area contributed by atoms with Gasteiger partial charge in [-0.2, -0.15) is 0 Å². The number of rotatable bonds is 9. The Bertz CT molecular complexity index is 2740. The monoisotopic (exact) mass is 733 g/mol. The van der Waals surface area contributed by atoms with Gasteiger partial charge in [-0.3, -0.25) is 13.9 Å². The highest BCUT2D eigenvalue weighted by Crippen LogP contribution is 2.40. The van der Waals surface area contributed by atoms with Crippen LogP contribution in [0.1, 0.15) is 22.8 Å². The molecule has 54 heavy (non-hydrogen) atoms. The first-order chi connectivity index (χ1) is 26.0. The van der Waals surface area contributed by atoms with Crippen molar-refractivity contribution in [1.82, 2.24) is 4.31 Å². The topological polar surface area (TPSA) is 116 Å². The van der Waals surface area contributed by atoms with Crippen LogP contribution < -0.4 is 9.47 Å². The summed E-state index contributed by atoms with van der Waals surface area (Å²) >= 11 is 0. The first-order valence-corrected chi connectivity index (χ1v) is 18.4. The van der Waals surface area contributed by atoms with Crippen LogP contribution in [0.15, 0.2) is 162 Å². The van der Waals surface area contributed by atoms with Crippen molar-refractivity contribution in [3.05, 3.63) is 168 Å². The van der Waals surface area contributed by atoms with Gasteiger partial charge in [-0.15, -0.1) is 0 Å². The van der Waals surface area contributed by atoms with Crippen LogP contribution in [0.4, 0.5) is 0 Å². The Morgan fingerprint density at radius 3 is 1.57 bits per heavy atom. The molecule has 9 nitrogen and oxygen atoms in total. The van der Waals surface area contributed by atoms with Crippen molar-refractivity contribution in [3.63, 3.8) is 0 Å². The number of benzene rings is 7. The molecular weight excluding hydrogens is 703 g/mol. The summed E-state index contributed by atoms with van der Waals surface area (Å²) in [7, 11) is -3.08. The van der Waals surface area contributed by atoms with E-state index in [1.165, 1.54) is 25.2 Å². The highest BCUT2D eigenvalue weighted by atomic mass is 32.2. The summed E-state index contributed by atoms with van der Waals surface area (Å²) in [6.45, 7) is 1.13. The second-order valence-electron chi connectivity index (χ2n) is 12.8. The third-order valence-electron chi connectivity index (χ3n) is 9.42. The summed E-state index contributed by atoms with van der Waals surface area (Å²) < 4.78 is 47.3. The number of nitrogens with zero attached hydrogens (tertiary/aromatic N) is 1. The zero-order valence-corrected chi connectivity index (χ0v) is 29.9. The molecule has 1 aliphatic rings. The van der Waals surface area contributed by atoms with E-state index in [9.17, 15) is 22.8 Å². The standard InChI is InChI=1S/C44H31NO8S/c1-28(46)44(52-36-23-21-30-12-4-7-15-33(30)26-36,53-37-24-22-31-13-5-8-16-34(31)27-37)43(48)51-42-38-17-9-10-18-39(38)54(49,50)45(2)40(42)41(47)35-20-19-29-11-3-6-14-32(29)25-35/h3-27H,1-2H3. The number of carbonyl (C=O) groups excluding carboxylic acids is 3. The lowest BCUT2D eigenvalue weighted by Gasteiger charge is -2.33. The third kappa shape index (κ3) is 5.92. The number of ketones is 2. The van der Waals surface area contributed by atoms with Crippen molar-refractivity contribution in [2.24, 2.45) is 0 Å². The maximum Gasteiger partial charge on any atom is 0.413 e. The summed E-state index contributed by atoms with van der Waals surface area (Å²) in [6.07, 6.45) is 0. The Morgan fingerprint density at radius 2 is 1.04 bits per heavy atom. The quantitative estimate of drug-likeness (QED) is 0.0630. The van der Waals surface area contributed by atoms with Crippen molar-refractivity contribution in [2.45, 2.75) is 17.6 Å². The van der Waals surface area contributed by atoms with Crippen LogP contribution in [0.3, 0.4) is 0 Å². The van der Waals surface area contributed by atoms with Gasteiger partial charge in [0.15, 0.2) is 5.76 Å². The highest BCUT2D eigenvalue weighted by Gasteiger charge is 2.53. The number of ether oxygens (including phenoxy) is 3. The minimum absolute atomic E-state index is 0.0537. The van der Waals surface area contributed by atoms with E-state index in [1.807, 2.05) is 72.8 Å². The Balaban J connectivity index is 1.30. The van der Waals surface area contributed by atoms with Crippen LogP contribution in [0.2, 0.25) is 0 Å². The van der Waals surface area contributed by atoms with E-state index in [0.29, 0.717) is 0 Å². The number of hydrogen-bond acceptors (Lipinski definition) is 8. The zero-order chi connectivity index (χ0) is 37.6. The fourth-order valence-electron chi connectivity index (χ4n) is 6.58. The van der Waals surface area contributed by atoms with Crippen molar-refractivity contribution < 1.29 is 37.0 Å². The number of fused-ring (bicyclic) bond motifs is 4. The first kappa shape index (κ1) is 34.3. The molecule has 7 aromatic carbocycles. The normalized spacial score (nSPS) is 13.8. The molecule has 0 amide bonds. The van der Waals surface area contributed by atoms with Gasteiger partial charge in [0.25, 0.3) is 10.0 Å². The van der Waals surface area contributed by atoms with Gasteiger partial charge >= 0.3 is 11.8 Å². The maximum atomic E-state index is 14.9. The van der Waals surface area contributed by atoms with Crippen LogP contribution in [0.25, 0.3) is 38.1 Å². The molecule has 0 unspecified atom stereocenters. The number of hydrogen-bond donors (Lipinski definition) is 0. The summed E-state index contributed by atoms with van der Waals surface area (Å²) in [5.41, 5.74) is -0.343. The second kappa shape index (κ2) is 13.3. The first-order valence-electron chi connectivity index (χ1n) is 17.0. The van der Waals surface area contributed by atoms with Gasteiger partial charge in [-0.25, -0.2) is 13.2 Å². The Labute approximate surface area is 310 Å². The second-order valence-corrected chi connectivity index (χ2v) is 14.8. The summed E-state index contributed by atoms with van der Waals surface area (Å²) in [5, 5.41) is 4.93. The smallest absolute Gasteiger partial charge is 0.413 e. The van der Waals surface area contributed by atoms with Crippen molar-refractivity contribution in [3.8, 4) is 11.5 Å². The number of likely N-dealkylation sites (N-methyl/N-ethyl adjacent to an activating group) is 1. The summed E-state index contributed by atoms with van der Waals surface area (Å²) in [4.78, 5) is 43.0. The lowest BCUT2D eigenvalue weighted by atomic mass is 10.0. The number of carbonyl (C=O) groups is 3. The summed E-state index contributed by atoms with van der Waals surface area (Å²) in [6, 6.07) is 43.2. The molecule has 0 atom stereocenters. The Hall–Kier alpha value is -6.78. The molecule has 10 heteroatoms. The molecule has 0 radical (unpaired) electrons. The van der Waals surface area contributed by atoms with Gasteiger partial charge in [0.1, 0.15) is 17.2 Å². The molecule has 8 rings (SSSR count). The number of Topliss-reactive ketones (excluding diaryl/α,β-unsaturated/α-hetero) is 2. The van der Waals surface area contributed by atoms with E-state index in [1.54, 1.807) is 60.7 Å². The molecular formula is C44H31NO8S. The minimum Gasteiger partial charge on any atom is -0.437 e. The van der Waals surface area contributed by atoms with E-state index in [0.717, 1.165) is 43.5 Å². The van der Waals surface area contributed by atoms with Gasteiger partial charge in [0, 0.05) is 25.1 Å². The number of sulfonamides is 1. The van der Waals surface area contributed by atoms with Gasteiger partial charge in [0.05, 0.1) is 4.90 Å². The fourth-order valence-corrected chi connectivity index (χ4v) is 7.97. The van der Waals surface area contributed by atoms with Crippen molar-refractivity contribution >= 4 is 65.6 Å².